The molecule has 0 aliphatic carbocycles. The molecule has 2 aliphatic rings. The molecule has 0 N–H and O–H groups in total. The second kappa shape index (κ2) is 2.31. The Hall–Kier alpha value is -0.860. The fourth-order valence-electron chi connectivity index (χ4n) is 1.44. The fourth-order valence-corrected chi connectivity index (χ4v) is 1.44. The lowest BCUT2D eigenvalue weighted by Crippen LogP contribution is -1.84. The minimum Gasteiger partial charge on any atom is -0.368 e. The van der Waals surface area contributed by atoms with Crippen molar-refractivity contribution in [2.75, 3.05) is 13.2 Å². The molecule has 2 heteroatoms. The summed E-state index contributed by atoms with van der Waals surface area (Å²) in [7, 11) is 0. The van der Waals surface area contributed by atoms with Crippen molar-refractivity contribution in [3.63, 3.8) is 0 Å². The van der Waals surface area contributed by atoms with E-state index in [-0.39, 0.29) is 0 Å². The lowest BCUT2D eigenvalue weighted by Gasteiger charge is -1.98. The number of benzene rings is 1. The second-order valence-corrected chi connectivity index (χ2v) is 3.31. The normalized spacial score (nSPS) is 31.7. The Bertz CT molecular complexity index is 273. The summed E-state index contributed by atoms with van der Waals surface area (Å²) in [5.41, 5.74) is 2.59. The Morgan fingerprint density at radius 1 is 1.00 bits per heavy atom. The van der Waals surface area contributed by atoms with Crippen molar-refractivity contribution in [3.8, 4) is 0 Å². The van der Waals surface area contributed by atoms with Crippen LogP contribution in [0.25, 0.3) is 0 Å². The lowest BCUT2D eigenvalue weighted by molar-refractivity contribution is 0.410. The van der Waals surface area contributed by atoms with Gasteiger partial charge < -0.3 is 9.47 Å². The molecule has 2 heterocycles. The quantitative estimate of drug-likeness (QED) is 0.620. The summed E-state index contributed by atoms with van der Waals surface area (Å²) in [5, 5.41) is 0. The van der Waals surface area contributed by atoms with Gasteiger partial charge in [0.15, 0.2) is 0 Å². The largest absolute Gasteiger partial charge is 0.368 e. The van der Waals surface area contributed by atoms with Gasteiger partial charge in [-0.2, -0.15) is 0 Å². The van der Waals surface area contributed by atoms with E-state index in [1.165, 1.54) is 11.1 Å². The summed E-state index contributed by atoms with van der Waals surface area (Å²) >= 11 is 0. The molecule has 0 unspecified atom stereocenters. The highest BCUT2D eigenvalue weighted by Crippen LogP contribution is 2.34. The van der Waals surface area contributed by atoms with Crippen molar-refractivity contribution < 1.29 is 9.47 Å². The summed E-state index contributed by atoms with van der Waals surface area (Å²) in [4.78, 5) is 0. The molecule has 3 rings (SSSR count). The Kier molecular flexibility index (Phi) is 1.28. The topological polar surface area (TPSA) is 25.1 Å². The molecule has 0 bridgehead atoms. The van der Waals surface area contributed by atoms with Crippen LogP contribution in [0.1, 0.15) is 23.3 Å². The molecule has 1 aromatic rings. The van der Waals surface area contributed by atoms with Gasteiger partial charge in [0.05, 0.1) is 13.2 Å². The van der Waals surface area contributed by atoms with Gasteiger partial charge in [-0.25, -0.2) is 0 Å². The van der Waals surface area contributed by atoms with Crippen molar-refractivity contribution in [3.05, 3.63) is 35.4 Å². The average molecular weight is 162 g/mol. The zero-order valence-electron chi connectivity index (χ0n) is 6.69. The number of ether oxygens (including phenoxy) is 2. The van der Waals surface area contributed by atoms with Crippen LogP contribution in [-0.4, -0.2) is 13.2 Å². The first kappa shape index (κ1) is 6.63. The van der Waals surface area contributed by atoms with Crippen LogP contribution in [0.4, 0.5) is 0 Å². The molecule has 0 spiro atoms. The minimum atomic E-state index is 0.365. The molecule has 2 atom stereocenters. The molecule has 0 radical (unpaired) electrons. The summed E-state index contributed by atoms with van der Waals surface area (Å²) < 4.78 is 10.4. The van der Waals surface area contributed by atoms with E-state index in [2.05, 4.69) is 24.3 Å². The van der Waals surface area contributed by atoms with Gasteiger partial charge in [0.25, 0.3) is 0 Å². The third-order valence-corrected chi connectivity index (χ3v) is 2.32. The van der Waals surface area contributed by atoms with Gasteiger partial charge in [0.1, 0.15) is 12.2 Å². The number of hydrogen-bond acceptors (Lipinski definition) is 2. The molecular formula is C10H10O2. The molecular weight excluding hydrogens is 152 g/mol. The molecule has 12 heavy (non-hydrogen) atoms. The molecule has 2 fully saturated rings. The van der Waals surface area contributed by atoms with E-state index >= 15 is 0 Å². The highest BCUT2D eigenvalue weighted by molar-refractivity contribution is 5.29. The van der Waals surface area contributed by atoms with Crippen molar-refractivity contribution in [2.24, 2.45) is 0 Å². The first-order chi connectivity index (χ1) is 5.93. The summed E-state index contributed by atoms with van der Waals surface area (Å²) in [6.45, 7) is 1.77. The molecule has 0 aromatic heterocycles. The van der Waals surface area contributed by atoms with E-state index in [0.29, 0.717) is 12.2 Å². The predicted octanol–water partition coefficient (Wildman–Crippen LogP) is 1.83. The average Bonchev–Trinajstić information content (AvgIpc) is 2.98. The van der Waals surface area contributed by atoms with Crippen LogP contribution in [0.2, 0.25) is 0 Å². The maximum Gasteiger partial charge on any atom is 0.106 e. The van der Waals surface area contributed by atoms with Crippen LogP contribution < -0.4 is 0 Å². The Balaban J connectivity index is 1.93. The zero-order valence-corrected chi connectivity index (χ0v) is 6.69. The number of epoxide rings is 2. The second-order valence-electron chi connectivity index (χ2n) is 3.31. The van der Waals surface area contributed by atoms with Gasteiger partial charge >= 0.3 is 0 Å². The first-order valence-corrected chi connectivity index (χ1v) is 4.26. The van der Waals surface area contributed by atoms with Crippen LogP contribution in [0.15, 0.2) is 24.3 Å². The third kappa shape index (κ3) is 1.13. The molecule has 0 amide bonds. The maximum atomic E-state index is 5.21. The third-order valence-electron chi connectivity index (χ3n) is 2.32. The van der Waals surface area contributed by atoms with Gasteiger partial charge in [-0.15, -0.1) is 0 Å². The van der Waals surface area contributed by atoms with Crippen molar-refractivity contribution >= 4 is 0 Å². The van der Waals surface area contributed by atoms with Gasteiger partial charge in [-0.1, -0.05) is 24.3 Å². The smallest absolute Gasteiger partial charge is 0.106 e. The van der Waals surface area contributed by atoms with Crippen LogP contribution >= 0.6 is 0 Å². The van der Waals surface area contributed by atoms with E-state index < -0.39 is 0 Å². The maximum absolute atomic E-state index is 5.21. The molecule has 2 saturated heterocycles. The van der Waals surface area contributed by atoms with Gasteiger partial charge in [-0.05, 0) is 11.1 Å². The van der Waals surface area contributed by atoms with Crippen molar-refractivity contribution in [1.29, 1.82) is 0 Å². The molecule has 1 aromatic carbocycles. The van der Waals surface area contributed by atoms with E-state index in [0.717, 1.165) is 13.2 Å². The SMILES string of the molecule is c1cc([C@@H]2CO2)cc([C@H]2CO2)c1. The summed E-state index contributed by atoms with van der Waals surface area (Å²) in [6.07, 6.45) is 0.729. The van der Waals surface area contributed by atoms with E-state index in [9.17, 15) is 0 Å². The predicted molar refractivity (Wildman–Crippen MR) is 43.8 cm³/mol. The lowest BCUT2D eigenvalue weighted by atomic mass is 10.1. The van der Waals surface area contributed by atoms with E-state index in [1.807, 2.05) is 0 Å². The van der Waals surface area contributed by atoms with Gasteiger partial charge in [0, 0.05) is 0 Å². The Morgan fingerprint density at radius 3 is 1.92 bits per heavy atom. The van der Waals surface area contributed by atoms with Crippen LogP contribution in [0.3, 0.4) is 0 Å². The van der Waals surface area contributed by atoms with Crippen LogP contribution in [0, 0.1) is 0 Å². The monoisotopic (exact) mass is 162 g/mol. The molecule has 0 saturated carbocycles. The molecule has 62 valence electrons. The van der Waals surface area contributed by atoms with Crippen LogP contribution in [-0.2, 0) is 9.47 Å². The van der Waals surface area contributed by atoms with Gasteiger partial charge in [-0.3, -0.25) is 0 Å². The fraction of sp³-hybridized carbons (Fsp3) is 0.400. The number of rotatable bonds is 2. The van der Waals surface area contributed by atoms with E-state index in [1.54, 1.807) is 0 Å². The Morgan fingerprint density at radius 2 is 1.50 bits per heavy atom. The zero-order chi connectivity index (χ0) is 7.97. The summed E-state index contributed by atoms with van der Waals surface area (Å²) in [5.74, 6) is 0. The highest BCUT2D eigenvalue weighted by Gasteiger charge is 2.28. The number of hydrogen-bond donors (Lipinski definition) is 0. The molecule has 2 nitrogen and oxygen atoms in total. The standard InChI is InChI=1S/C10H10O2/c1-2-7(9-5-11-9)4-8(3-1)10-6-12-10/h1-4,9-10H,5-6H2/t9-,10+. The summed E-state index contributed by atoms with van der Waals surface area (Å²) in [6, 6.07) is 8.50. The first-order valence-electron chi connectivity index (χ1n) is 4.26. The van der Waals surface area contributed by atoms with Crippen molar-refractivity contribution in [2.45, 2.75) is 12.2 Å². The van der Waals surface area contributed by atoms with E-state index in [4.69, 9.17) is 9.47 Å². The molecule has 2 aliphatic heterocycles. The minimum absolute atomic E-state index is 0.365. The van der Waals surface area contributed by atoms with Crippen molar-refractivity contribution in [1.82, 2.24) is 0 Å². The van der Waals surface area contributed by atoms with Crippen LogP contribution in [0.5, 0.6) is 0 Å². The van der Waals surface area contributed by atoms with Gasteiger partial charge in [0.2, 0.25) is 0 Å². The Labute approximate surface area is 71.1 Å². The highest BCUT2D eigenvalue weighted by atomic mass is 16.6.